The van der Waals surface area contributed by atoms with Gasteiger partial charge in [-0.2, -0.15) is 0 Å². The number of hydrogen-bond donors (Lipinski definition) is 2. The van der Waals surface area contributed by atoms with Crippen LogP contribution in [0.5, 0.6) is 0 Å². The van der Waals surface area contributed by atoms with Crippen molar-refractivity contribution in [1.29, 1.82) is 0 Å². The van der Waals surface area contributed by atoms with Gasteiger partial charge in [-0.15, -0.1) is 0 Å². The molecule has 1 rings (SSSR count). The predicted octanol–water partition coefficient (Wildman–Crippen LogP) is 2.08. The number of aliphatic hydroxyl groups excluding tert-OH is 1. The van der Waals surface area contributed by atoms with Crippen molar-refractivity contribution in [2.24, 2.45) is 0 Å². The number of rotatable bonds is 7. The summed E-state index contributed by atoms with van der Waals surface area (Å²) in [5, 5.41) is 12.1. The maximum Gasteiger partial charge on any atom is 0.137 e. The molecule has 2 N–H and O–H groups in total. The first-order chi connectivity index (χ1) is 8.17. The van der Waals surface area contributed by atoms with Crippen LogP contribution in [0.2, 0.25) is 0 Å². The Bertz CT molecular complexity index is 343. The van der Waals surface area contributed by atoms with Gasteiger partial charge in [-0.1, -0.05) is 6.07 Å². The molecule has 1 aromatic rings. The molecule has 1 unspecified atom stereocenters. The van der Waals surface area contributed by atoms with Gasteiger partial charge in [-0.05, 0) is 40.0 Å². The summed E-state index contributed by atoms with van der Waals surface area (Å²) in [6, 6.07) is 5.10. The van der Waals surface area contributed by atoms with Gasteiger partial charge < -0.3 is 15.2 Å². The van der Waals surface area contributed by atoms with Gasteiger partial charge in [0.2, 0.25) is 0 Å². The fourth-order valence-corrected chi connectivity index (χ4v) is 1.76. The highest BCUT2D eigenvalue weighted by Crippen LogP contribution is 2.16. The van der Waals surface area contributed by atoms with E-state index in [0.717, 1.165) is 5.56 Å². The molecule has 0 spiro atoms. The molecule has 0 aliphatic carbocycles. The van der Waals surface area contributed by atoms with E-state index in [1.54, 1.807) is 13.2 Å². The number of ether oxygens (including phenoxy) is 1. The van der Waals surface area contributed by atoms with Gasteiger partial charge in [0.15, 0.2) is 0 Å². The summed E-state index contributed by atoms with van der Waals surface area (Å²) in [5.74, 6) is -0.269. The summed E-state index contributed by atoms with van der Waals surface area (Å²) in [7, 11) is 1.62. The number of methoxy groups -OCH3 is 1. The van der Waals surface area contributed by atoms with Crippen LogP contribution < -0.4 is 5.32 Å². The predicted molar refractivity (Wildman–Crippen MR) is 68.3 cm³/mol. The number of benzene rings is 1. The molecule has 1 atom stereocenters. The van der Waals surface area contributed by atoms with E-state index < -0.39 is 0 Å². The molecule has 96 valence electrons. The summed E-state index contributed by atoms with van der Waals surface area (Å²) < 4.78 is 18.8. The van der Waals surface area contributed by atoms with Gasteiger partial charge in [0, 0.05) is 26.3 Å². The number of halogens is 2. The lowest BCUT2D eigenvalue weighted by Crippen LogP contribution is -2.33. The van der Waals surface area contributed by atoms with E-state index in [4.69, 9.17) is 9.84 Å². The zero-order valence-corrected chi connectivity index (χ0v) is 11.3. The first-order valence-corrected chi connectivity index (χ1v) is 6.23. The standard InChI is InChI=1S/C12H17BrFNO2/c1-17-8-10(4-5-16)15-7-9-2-3-11(13)12(14)6-9/h2-3,6,10,15-16H,4-5,7-8H2,1H3. The lowest BCUT2D eigenvalue weighted by molar-refractivity contribution is 0.148. The summed E-state index contributed by atoms with van der Waals surface area (Å²) >= 11 is 3.11. The Hall–Kier alpha value is -0.490. The lowest BCUT2D eigenvalue weighted by atomic mass is 10.2. The maximum absolute atomic E-state index is 13.3. The minimum absolute atomic E-state index is 0.0803. The Morgan fingerprint density at radius 1 is 1.53 bits per heavy atom. The largest absolute Gasteiger partial charge is 0.396 e. The van der Waals surface area contributed by atoms with E-state index in [9.17, 15) is 4.39 Å². The van der Waals surface area contributed by atoms with Crippen LogP contribution in [0.3, 0.4) is 0 Å². The fourth-order valence-electron chi connectivity index (χ4n) is 1.51. The SMILES string of the molecule is COCC(CCO)NCc1ccc(Br)c(F)c1. The molecule has 0 fully saturated rings. The molecule has 3 nitrogen and oxygen atoms in total. The Labute approximate surface area is 109 Å². The molecule has 0 bridgehead atoms. The summed E-state index contributed by atoms with van der Waals surface area (Å²) in [6.45, 7) is 1.19. The van der Waals surface area contributed by atoms with Crippen molar-refractivity contribution in [3.63, 3.8) is 0 Å². The molecule has 0 aliphatic rings. The first kappa shape index (κ1) is 14.6. The van der Waals surface area contributed by atoms with E-state index in [1.807, 2.05) is 6.07 Å². The highest BCUT2D eigenvalue weighted by molar-refractivity contribution is 9.10. The molecule has 0 amide bonds. The number of hydrogen-bond acceptors (Lipinski definition) is 3. The third-order valence-electron chi connectivity index (χ3n) is 2.42. The quantitative estimate of drug-likeness (QED) is 0.810. The summed E-state index contributed by atoms with van der Waals surface area (Å²) in [5.41, 5.74) is 0.866. The minimum Gasteiger partial charge on any atom is -0.396 e. The third kappa shape index (κ3) is 5.12. The van der Waals surface area contributed by atoms with Crippen molar-refractivity contribution < 1.29 is 14.2 Å². The van der Waals surface area contributed by atoms with E-state index in [2.05, 4.69) is 21.2 Å². The van der Waals surface area contributed by atoms with Crippen molar-refractivity contribution in [3.05, 3.63) is 34.1 Å². The smallest absolute Gasteiger partial charge is 0.137 e. The van der Waals surface area contributed by atoms with Gasteiger partial charge in [-0.3, -0.25) is 0 Å². The van der Waals surface area contributed by atoms with Crippen molar-refractivity contribution in [1.82, 2.24) is 5.32 Å². The van der Waals surface area contributed by atoms with Gasteiger partial charge in [0.25, 0.3) is 0 Å². The van der Waals surface area contributed by atoms with Gasteiger partial charge in [-0.25, -0.2) is 4.39 Å². The molecular weight excluding hydrogens is 289 g/mol. The molecule has 17 heavy (non-hydrogen) atoms. The van der Waals surface area contributed by atoms with E-state index >= 15 is 0 Å². The second-order valence-corrected chi connectivity index (χ2v) is 4.65. The van der Waals surface area contributed by atoms with Crippen LogP contribution in [0, 0.1) is 5.82 Å². The van der Waals surface area contributed by atoms with Crippen molar-refractivity contribution in [3.8, 4) is 0 Å². The zero-order chi connectivity index (χ0) is 12.7. The van der Waals surface area contributed by atoms with E-state index in [-0.39, 0.29) is 18.5 Å². The van der Waals surface area contributed by atoms with Crippen LogP contribution in [0.15, 0.2) is 22.7 Å². The summed E-state index contributed by atoms with van der Waals surface area (Å²) in [6.07, 6.45) is 0.618. The van der Waals surface area contributed by atoms with Crippen molar-refractivity contribution in [2.75, 3.05) is 20.3 Å². The van der Waals surface area contributed by atoms with Crippen molar-refractivity contribution in [2.45, 2.75) is 19.0 Å². The van der Waals surface area contributed by atoms with Gasteiger partial charge in [0.1, 0.15) is 5.82 Å². The average molecular weight is 306 g/mol. The number of aliphatic hydroxyl groups is 1. The topological polar surface area (TPSA) is 41.5 Å². The Morgan fingerprint density at radius 3 is 2.88 bits per heavy atom. The monoisotopic (exact) mass is 305 g/mol. The molecule has 0 saturated carbocycles. The number of nitrogens with one attached hydrogen (secondary N) is 1. The molecule has 0 aliphatic heterocycles. The molecule has 1 aromatic carbocycles. The molecule has 0 radical (unpaired) electrons. The fraction of sp³-hybridized carbons (Fsp3) is 0.500. The highest BCUT2D eigenvalue weighted by atomic mass is 79.9. The molecular formula is C12H17BrFNO2. The normalized spacial score (nSPS) is 12.7. The molecule has 5 heteroatoms. The Balaban J connectivity index is 2.49. The Morgan fingerprint density at radius 2 is 2.29 bits per heavy atom. The lowest BCUT2D eigenvalue weighted by Gasteiger charge is -2.16. The van der Waals surface area contributed by atoms with Crippen LogP contribution in [-0.2, 0) is 11.3 Å². The van der Waals surface area contributed by atoms with Crippen LogP contribution in [0.4, 0.5) is 4.39 Å². The summed E-state index contributed by atoms with van der Waals surface area (Å²) in [4.78, 5) is 0. The Kier molecular flexibility index (Phi) is 6.65. The van der Waals surface area contributed by atoms with E-state index in [1.165, 1.54) is 6.07 Å². The van der Waals surface area contributed by atoms with Crippen LogP contribution in [-0.4, -0.2) is 31.5 Å². The van der Waals surface area contributed by atoms with Crippen LogP contribution in [0.1, 0.15) is 12.0 Å². The third-order valence-corrected chi connectivity index (χ3v) is 3.07. The van der Waals surface area contributed by atoms with Gasteiger partial charge >= 0.3 is 0 Å². The van der Waals surface area contributed by atoms with Gasteiger partial charge in [0.05, 0.1) is 11.1 Å². The second-order valence-electron chi connectivity index (χ2n) is 3.79. The first-order valence-electron chi connectivity index (χ1n) is 5.44. The van der Waals surface area contributed by atoms with E-state index in [0.29, 0.717) is 24.0 Å². The molecule has 0 aromatic heterocycles. The molecule has 0 saturated heterocycles. The van der Waals surface area contributed by atoms with Crippen LogP contribution >= 0.6 is 15.9 Å². The average Bonchev–Trinajstić information content (AvgIpc) is 2.31. The minimum atomic E-state index is -0.269. The van der Waals surface area contributed by atoms with Crippen molar-refractivity contribution >= 4 is 15.9 Å². The second kappa shape index (κ2) is 7.76. The highest BCUT2D eigenvalue weighted by Gasteiger charge is 2.07. The zero-order valence-electron chi connectivity index (χ0n) is 9.75. The van der Waals surface area contributed by atoms with Crippen LogP contribution in [0.25, 0.3) is 0 Å². The molecule has 0 heterocycles. The maximum atomic E-state index is 13.3.